The number of carbonyl (C=O) groups is 2. The monoisotopic (exact) mass is 399 g/mol. The van der Waals surface area contributed by atoms with Crippen LogP contribution in [0.5, 0.6) is 0 Å². The number of urea groups is 1. The Morgan fingerprint density at radius 3 is 2.83 bits per heavy atom. The molecule has 0 saturated heterocycles. The summed E-state index contributed by atoms with van der Waals surface area (Å²) in [7, 11) is 0. The Balaban J connectivity index is 1.21. The van der Waals surface area contributed by atoms with Crippen molar-refractivity contribution >= 4 is 39.4 Å². The largest absolute Gasteiger partial charge is 0.357 e. The number of benzene rings is 2. The molecule has 2 aromatic carbocycles. The highest BCUT2D eigenvalue weighted by Gasteiger charge is 2.24. The van der Waals surface area contributed by atoms with E-state index in [9.17, 15) is 9.59 Å². The van der Waals surface area contributed by atoms with Crippen molar-refractivity contribution in [3.05, 3.63) is 72.1 Å². The Morgan fingerprint density at radius 1 is 1.03 bits per heavy atom. The smallest absolute Gasteiger partial charge is 0.318 e. The van der Waals surface area contributed by atoms with Crippen LogP contribution in [0.2, 0.25) is 0 Å². The fourth-order valence-electron chi connectivity index (χ4n) is 4.04. The van der Waals surface area contributed by atoms with Gasteiger partial charge in [-0.05, 0) is 42.3 Å². The van der Waals surface area contributed by atoms with Gasteiger partial charge >= 0.3 is 6.03 Å². The molecule has 0 aliphatic carbocycles. The van der Waals surface area contributed by atoms with Gasteiger partial charge in [-0.2, -0.15) is 0 Å². The summed E-state index contributed by atoms with van der Waals surface area (Å²) in [6.07, 6.45) is 2.51. The Labute approximate surface area is 173 Å². The fourth-order valence-corrected chi connectivity index (χ4v) is 4.04. The van der Waals surface area contributed by atoms with Crippen molar-refractivity contribution in [3.63, 3.8) is 0 Å². The Hall–Kier alpha value is -3.87. The predicted molar refractivity (Wildman–Crippen MR) is 116 cm³/mol. The van der Waals surface area contributed by atoms with E-state index in [2.05, 4.69) is 26.7 Å². The Morgan fingerprint density at radius 2 is 1.90 bits per heavy atom. The molecular weight excluding hydrogens is 378 g/mol. The highest BCUT2D eigenvalue weighted by Crippen LogP contribution is 2.27. The number of pyridine rings is 1. The lowest BCUT2D eigenvalue weighted by molar-refractivity contribution is -0.115. The minimum absolute atomic E-state index is 0.0917. The fraction of sp³-hybridized carbons (Fsp3) is 0.174. The van der Waals surface area contributed by atoms with E-state index in [1.807, 2.05) is 48.5 Å². The second kappa shape index (κ2) is 7.51. The molecule has 7 nitrogen and oxygen atoms in total. The Bertz CT molecular complexity index is 1260. The number of H-pyrrole nitrogens is 1. The number of fused-ring (bicyclic) bond motifs is 4. The average molecular weight is 399 g/mol. The molecular formula is C23H21N5O2. The molecule has 0 fully saturated rings. The molecule has 4 aromatic rings. The number of aromatic nitrogens is 2. The second-order valence-corrected chi connectivity index (χ2v) is 7.38. The molecule has 3 heterocycles. The lowest BCUT2D eigenvalue weighted by Crippen LogP contribution is -2.45. The first kappa shape index (κ1) is 18.2. The first-order chi connectivity index (χ1) is 14.7. The summed E-state index contributed by atoms with van der Waals surface area (Å²) in [5.41, 5.74) is 4.92. The second-order valence-electron chi connectivity index (χ2n) is 7.38. The number of nitrogens with one attached hydrogen (secondary N) is 3. The average Bonchev–Trinajstić information content (AvgIpc) is 3.15. The Kier molecular flexibility index (Phi) is 4.55. The van der Waals surface area contributed by atoms with E-state index in [4.69, 9.17) is 0 Å². The van der Waals surface area contributed by atoms with Crippen LogP contribution in [0.25, 0.3) is 21.8 Å². The summed E-state index contributed by atoms with van der Waals surface area (Å²) < 4.78 is 0. The molecule has 30 heavy (non-hydrogen) atoms. The van der Waals surface area contributed by atoms with E-state index in [1.165, 1.54) is 10.9 Å². The van der Waals surface area contributed by atoms with Crippen LogP contribution in [0.15, 0.2) is 60.8 Å². The zero-order chi connectivity index (χ0) is 20.5. The molecule has 1 aliphatic heterocycles. The van der Waals surface area contributed by atoms with Gasteiger partial charge in [-0.15, -0.1) is 0 Å². The van der Waals surface area contributed by atoms with Crippen LogP contribution >= 0.6 is 0 Å². The highest BCUT2D eigenvalue weighted by molar-refractivity contribution is 6.02. The number of amides is 3. The third-order valence-corrected chi connectivity index (χ3v) is 5.49. The molecule has 7 heteroatoms. The number of nitrogens with zero attached hydrogens (tertiary/aromatic N) is 2. The van der Waals surface area contributed by atoms with E-state index in [1.54, 1.807) is 11.1 Å². The maximum atomic E-state index is 12.6. The first-order valence-electron chi connectivity index (χ1n) is 9.94. The number of carbonyl (C=O) groups excluding carboxylic acids is 2. The first-order valence-corrected chi connectivity index (χ1v) is 9.94. The summed E-state index contributed by atoms with van der Waals surface area (Å²) in [4.78, 5) is 34.4. The van der Waals surface area contributed by atoms with E-state index < -0.39 is 0 Å². The molecule has 0 spiro atoms. The molecule has 150 valence electrons. The van der Waals surface area contributed by atoms with Gasteiger partial charge in [0, 0.05) is 34.7 Å². The summed E-state index contributed by atoms with van der Waals surface area (Å²) >= 11 is 0. The minimum atomic E-state index is -0.275. The molecule has 1 aliphatic rings. The van der Waals surface area contributed by atoms with E-state index in [0.717, 1.165) is 28.5 Å². The minimum Gasteiger partial charge on any atom is -0.357 e. The number of para-hydroxylation sites is 1. The lowest BCUT2D eigenvalue weighted by Gasteiger charge is -2.27. The van der Waals surface area contributed by atoms with Crippen LogP contribution < -0.4 is 10.6 Å². The molecule has 3 amide bonds. The van der Waals surface area contributed by atoms with E-state index in [-0.39, 0.29) is 18.5 Å². The van der Waals surface area contributed by atoms with Crippen LogP contribution in [-0.2, 0) is 17.8 Å². The van der Waals surface area contributed by atoms with Crippen molar-refractivity contribution in [2.45, 2.75) is 13.0 Å². The van der Waals surface area contributed by atoms with E-state index in [0.29, 0.717) is 18.8 Å². The van der Waals surface area contributed by atoms with Gasteiger partial charge < -0.3 is 20.5 Å². The van der Waals surface area contributed by atoms with Gasteiger partial charge in [-0.1, -0.05) is 24.3 Å². The normalized spacial score (nSPS) is 13.3. The summed E-state index contributed by atoms with van der Waals surface area (Å²) in [5, 5.41) is 7.67. The molecule has 5 rings (SSSR count). The quantitative estimate of drug-likeness (QED) is 0.493. The topological polar surface area (TPSA) is 90.1 Å². The van der Waals surface area contributed by atoms with Crippen LogP contribution in [-0.4, -0.2) is 39.9 Å². The highest BCUT2D eigenvalue weighted by atomic mass is 16.2. The van der Waals surface area contributed by atoms with Crippen LogP contribution in [0.4, 0.5) is 10.5 Å². The number of hydrogen-bond donors (Lipinski definition) is 3. The van der Waals surface area contributed by atoms with Crippen molar-refractivity contribution in [1.29, 1.82) is 0 Å². The molecule has 0 atom stereocenters. The molecule has 3 N–H and O–H groups in total. The van der Waals surface area contributed by atoms with Gasteiger partial charge in [-0.25, -0.2) is 4.79 Å². The maximum absolute atomic E-state index is 12.6. The summed E-state index contributed by atoms with van der Waals surface area (Å²) in [6.45, 7) is 1.04. The lowest BCUT2D eigenvalue weighted by atomic mass is 10.0. The number of anilines is 1. The summed E-state index contributed by atoms with van der Waals surface area (Å²) in [6, 6.07) is 17.2. The van der Waals surface area contributed by atoms with Crippen LogP contribution in [0.3, 0.4) is 0 Å². The molecule has 0 saturated carbocycles. The van der Waals surface area contributed by atoms with Gasteiger partial charge in [0.15, 0.2) is 0 Å². The SMILES string of the molecule is O=C(CNC(=O)N1CCc2c([nH]c3ccccc23)C1)Nc1cccc2ncccc12. The zero-order valence-corrected chi connectivity index (χ0v) is 16.3. The van der Waals surface area contributed by atoms with Crippen LogP contribution in [0.1, 0.15) is 11.3 Å². The standard InChI is InChI=1S/C23H21N5O2/c29-22(27-20-9-3-8-18-17(20)6-4-11-24-18)13-25-23(30)28-12-10-16-15-5-1-2-7-19(15)26-21(16)14-28/h1-9,11,26H,10,12-14H2,(H,25,30)(H,27,29). The molecule has 0 radical (unpaired) electrons. The summed E-state index contributed by atoms with van der Waals surface area (Å²) in [5.74, 6) is -0.275. The van der Waals surface area contributed by atoms with E-state index >= 15 is 0 Å². The van der Waals surface area contributed by atoms with Gasteiger partial charge in [0.1, 0.15) is 0 Å². The molecule has 2 aromatic heterocycles. The van der Waals surface area contributed by atoms with Crippen molar-refractivity contribution in [1.82, 2.24) is 20.2 Å². The van der Waals surface area contributed by atoms with Gasteiger partial charge in [-0.3, -0.25) is 9.78 Å². The van der Waals surface area contributed by atoms with Gasteiger partial charge in [0.25, 0.3) is 0 Å². The number of hydrogen-bond acceptors (Lipinski definition) is 3. The van der Waals surface area contributed by atoms with Gasteiger partial charge in [0.2, 0.25) is 5.91 Å². The molecule has 0 unspecified atom stereocenters. The van der Waals surface area contributed by atoms with Crippen molar-refractivity contribution < 1.29 is 9.59 Å². The van der Waals surface area contributed by atoms with Crippen molar-refractivity contribution in [2.24, 2.45) is 0 Å². The van der Waals surface area contributed by atoms with Gasteiger partial charge in [0.05, 0.1) is 24.3 Å². The van der Waals surface area contributed by atoms with Crippen LogP contribution in [0, 0.1) is 0 Å². The maximum Gasteiger partial charge on any atom is 0.318 e. The van der Waals surface area contributed by atoms with Crippen molar-refractivity contribution in [2.75, 3.05) is 18.4 Å². The predicted octanol–water partition coefficient (Wildman–Crippen LogP) is 3.42. The zero-order valence-electron chi connectivity index (χ0n) is 16.3. The number of rotatable bonds is 3. The third-order valence-electron chi connectivity index (χ3n) is 5.49. The van der Waals surface area contributed by atoms with Crippen molar-refractivity contribution in [3.8, 4) is 0 Å². The molecule has 0 bridgehead atoms. The third kappa shape index (κ3) is 3.34. The number of aromatic amines is 1.